The topological polar surface area (TPSA) is 104 Å². The zero-order valence-electron chi connectivity index (χ0n) is 21.7. The number of imidazole rings is 1. The van der Waals surface area contributed by atoms with Crippen LogP contribution in [-0.4, -0.2) is 68.6 Å². The maximum atomic E-state index is 13.5. The molecule has 1 aromatic carbocycles. The van der Waals surface area contributed by atoms with Crippen LogP contribution in [0.2, 0.25) is 0 Å². The highest BCUT2D eigenvalue weighted by molar-refractivity contribution is 7.84. The summed E-state index contributed by atoms with van der Waals surface area (Å²) in [7, 11) is -0.386. The molecular formula is C25H29F3N4O5S. The van der Waals surface area contributed by atoms with Crippen molar-refractivity contribution in [2.75, 3.05) is 26.8 Å². The summed E-state index contributed by atoms with van der Waals surface area (Å²) in [6.07, 6.45) is -3.24. The second kappa shape index (κ2) is 11.5. The molecule has 0 spiro atoms. The highest BCUT2D eigenvalue weighted by Crippen LogP contribution is 2.26. The quantitative estimate of drug-likeness (QED) is 0.378. The molecule has 2 heterocycles. The van der Waals surface area contributed by atoms with Crippen LogP contribution in [0.1, 0.15) is 32.0 Å². The predicted octanol–water partition coefficient (Wildman–Crippen LogP) is 4.48. The molecule has 1 atom stereocenters. The Morgan fingerprint density at radius 1 is 1.13 bits per heavy atom. The fraction of sp³-hybridized carbons (Fsp3) is 0.440. The minimum atomic E-state index is -4.51. The van der Waals surface area contributed by atoms with E-state index in [4.69, 9.17) is 9.47 Å². The second-order valence-corrected chi connectivity index (χ2v) is 10.9. The molecule has 0 aliphatic rings. The van der Waals surface area contributed by atoms with Gasteiger partial charge < -0.3 is 14.4 Å². The first-order valence-electron chi connectivity index (χ1n) is 11.6. The van der Waals surface area contributed by atoms with E-state index >= 15 is 0 Å². The molecule has 0 bridgehead atoms. The number of hydrogen-bond acceptors (Lipinski definition) is 7. The Morgan fingerprint density at radius 2 is 1.82 bits per heavy atom. The lowest BCUT2D eigenvalue weighted by atomic mass is 9.97. The van der Waals surface area contributed by atoms with Gasteiger partial charge in [-0.15, -0.1) is 0 Å². The van der Waals surface area contributed by atoms with Crippen molar-refractivity contribution in [1.82, 2.24) is 19.4 Å². The highest BCUT2D eigenvalue weighted by atomic mass is 32.2. The number of aromatic nitrogens is 3. The molecule has 0 N–H and O–H groups in total. The molecule has 13 heteroatoms. The normalized spacial score (nSPS) is 12.8. The number of halogens is 3. The fourth-order valence-corrected chi connectivity index (χ4v) is 4.56. The van der Waals surface area contributed by atoms with Gasteiger partial charge in [0.05, 0.1) is 45.2 Å². The van der Waals surface area contributed by atoms with Crippen molar-refractivity contribution in [1.29, 1.82) is 0 Å². The van der Waals surface area contributed by atoms with E-state index in [-0.39, 0.29) is 35.5 Å². The average Bonchev–Trinajstić information content (AvgIpc) is 3.22. The number of amides is 1. The van der Waals surface area contributed by atoms with E-state index in [0.717, 1.165) is 0 Å². The summed E-state index contributed by atoms with van der Waals surface area (Å²) in [6, 6.07) is 7.51. The van der Waals surface area contributed by atoms with Crippen LogP contribution in [0, 0.1) is 12.3 Å². The number of para-hydroxylation sites is 2. The molecule has 3 aromatic rings. The van der Waals surface area contributed by atoms with Crippen LogP contribution in [0.15, 0.2) is 41.7 Å². The second-order valence-electron chi connectivity index (χ2n) is 9.58. The summed E-state index contributed by atoms with van der Waals surface area (Å²) in [4.78, 5) is 35.3. The molecule has 206 valence electrons. The van der Waals surface area contributed by atoms with Gasteiger partial charge in [-0.2, -0.15) is 13.2 Å². The van der Waals surface area contributed by atoms with Gasteiger partial charge in [0, 0.05) is 18.8 Å². The van der Waals surface area contributed by atoms with Crippen molar-refractivity contribution < 1.29 is 36.4 Å². The molecule has 1 amide bonds. The number of nitrogens with zero attached hydrogens (tertiary/aromatic N) is 4. The molecule has 0 saturated carbocycles. The zero-order valence-corrected chi connectivity index (χ0v) is 22.5. The number of esters is 1. The maximum absolute atomic E-state index is 13.5. The van der Waals surface area contributed by atoms with E-state index in [0.29, 0.717) is 16.6 Å². The van der Waals surface area contributed by atoms with Gasteiger partial charge in [-0.25, -0.2) is 14.3 Å². The van der Waals surface area contributed by atoms with Crippen molar-refractivity contribution in [2.24, 2.45) is 5.41 Å². The molecule has 0 aliphatic carbocycles. The smallest absolute Gasteiger partial charge is 0.422 e. The number of carbonyl (C=O) groups is 2. The number of fused-ring (bicyclic) bond motifs is 1. The lowest BCUT2D eigenvalue weighted by Gasteiger charge is -2.21. The maximum Gasteiger partial charge on any atom is 0.422 e. The molecule has 0 fully saturated rings. The van der Waals surface area contributed by atoms with Crippen LogP contribution in [0.3, 0.4) is 0 Å². The Labute approximate surface area is 220 Å². The number of hydrogen-bond donors (Lipinski definition) is 0. The molecule has 3 rings (SSSR count). The first-order chi connectivity index (χ1) is 17.7. The van der Waals surface area contributed by atoms with Crippen molar-refractivity contribution in [3.8, 4) is 5.75 Å². The first kappa shape index (κ1) is 29.1. The number of alkyl halides is 3. The van der Waals surface area contributed by atoms with E-state index in [1.807, 2.05) is 0 Å². The summed E-state index contributed by atoms with van der Waals surface area (Å²) in [5.41, 5.74) is 0.720. The van der Waals surface area contributed by atoms with E-state index in [2.05, 4.69) is 9.97 Å². The van der Waals surface area contributed by atoms with E-state index in [9.17, 15) is 27.0 Å². The minimum absolute atomic E-state index is 0.0292. The number of pyridine rings is 1. The number of rotatable bonds is 8. The summed E-state index contributed by atoms with van der Waals surface area (Å²) >= 11 is 0. The van der Waals surface area contributed by atoms with Gasteiger partial charge in [-0.3, -0.25) is 14.0 Å². The Balaban J connectivity index is 1.85. The van der Waals surface area contributed by atoms with Gasteiger partial charge in [0.1, 0.15) is 12.4 Å². The predicted molar refractivity (Wildman–Crippen MR) is 134 cm³/mol. The average molecular weight is 555 g/mol. The van der Waals surface area contributed by atoms with E-state index in [1.54, 1.807) is 45.0 Å². The Morgan fingerprint density at radius 3 is 2.47 bits per heavy atom. The molecule has 0 radical (unpaired) electrons. The van der Waals surface area contributed by atoms with Gasteiger partial charge >= 0.3 is 18.2 Å². The van der Waals surface area contributed by atoms with Crippen LogP contribution < -0.4 is 4.74 Å². The first-order valence-corrected chi connectivity index (χ1v) is 12.9. The standard InChI is InChI=1S/C25H29F3N4O5S/c1-16-18(29-11-10-20(16)37-15-25(26,27)28)14-38(35)22-30-17-8-6-7-9-19(17)32(22)23(34)31(5)12-13-36-21(33)24(2,3)4/h6-11H,12-15H2,1-5H3/t38-/m0/s1. The van der Waals surface area contributed by atoms with Crippen LogP contribution in [-0.2, 0) is 26.1 Å². The molecule has 2 aromatic heterocycles. The van der Waals surface area contributed by atoms with Gasteiger partial charge in [0.2, 0.25) is 5.16 Å². The summed E-state index contributed by atoms with van der Waals surface area (Å²) in [5, 5.41) is -0.0439. The molecule has 0 aliphatic heterocycles. The summed E-state index contributed by atoms with van der Waals surface area (Å²) in [5.74, 6) is -0.644. The van der Waals surface area contributed by atoms with Crippen molar-refractivity contribution >= 4 is 33.8 Å². The molecule has 38 heavy (non-hydrogen) atoms. The summed E-state index contributed by atoms with van der Waals surface area (Å²) in [6.45, 7) is 5.26. The SMILES string of the molecule is Cc1c(OCC(F)(F)F)ccnc1C[S@](=O)c1nc2ccccc2n1C(=O)N(C)CCOC(=O)C(C)(C)C. The van der Waals surface area contributed by atoms with Crippen molar-refractivity contribution in [3.63, 3.8) is 0 Å². The monoisotopic (exact) mass is 554 g/mol. The van der Waals surface area contributed by atoms with Crippen molar-refractivity contribution in [3.05, 3.63) is 47.8 Å². The zero-order chi connectivity index (χ0) is 28.3. The number of likely N-dealkylation sites (N-methyl/N-ethyl adjacent to an activating group) is 1. The lowest BCUT2D eigenvalue weighted by Crippen LogP contribution is -2.36. The largest absolute Gasteiger partial charge is 0.484 e. The number of carbonyl (C=O) groups excluding carboxylic acids is 2. The molecule has 9 nitrogen and oxygen atoms in total. The lowest BCUT2D eigenvalue weighted by molar-refractivity contribution is -0.154. The van der Waals surface area contributed by atoms with Crippen LogP contribution >= 0.6 is 0 Å². The highest BCUT2D eigenvalue weighted by Gasteiger charge is 2.29. The molecule has 0 unspecified atom stereocenters. The van der Waals surface area contributed by atoms with Crippen LogP contribution in [0.4, 0.5) is 18.0 Å². The third kappa shape index (κ3) is 7.09. The van der Waals surface area contributed by atoms with Gasteiger partial charge in [0.15, 0.2) is 6.61 Å². The number of benzene rings is 1. The van der Waals surface area contributed by atoms with Gasteiger partial charge in [0.25, 0.3) is 0 Å². The fourth-order valence-electron chi connectivity index (χ4n) is 3.31. The summed E-state index contributed by atoms with van der Waals surface area (Å²) < 4.78 is 62.6. The van der Waals surface area contributed by atoms with Crippen LogP contribution in [0.25, 0.3) is 11.0 Å². The minimum Gasteiger partial charge on any atom is -0.484 e. The van der Waals surface area contributed by atoms with E-state index in [1.165, 1.54) is 35.7 Å². The molecule has 0 saturated heterocycles. The number of ether oxygens (including phenoxy) is 2. The Bertz CT molecular complexity index is 1350. The van der Waals surface area contributed by atoms with Crippen molar-refractivity contribution in [2.45, 2.75) is 44.8 Å². The van der Waals surface area contributed by atoms with E-state index < -0.39 is 41.0 Å². The third-order valence-electron chi connectivity index (χ3n) is 5.44. The molecular weight excluding hydrogens is 525 g/mol. The third-order valence-corrected chi connectivity index (χ3v) is 6.66. The van der Waals surface area contributed by atoms with Crippen LogP contribution in [0.5, 0.6) is 5.75 Å². The Kier molecular flexibility index (Phi) is 8.80. The Hall–Kier alpha value is -3.48. The van der Waals surface area contributed by atoms with Gasteiger partial charge in [-0.05, 0) is 45.9 Å². The van der Waals surface area contributed by atoms with Gasteiger partial charge in [-0.1, -0.05) is 12.1 Å².